The molecule has 25 heavy (non-hydrogen) atoms. The van der Waals surface area contributed by atoms with Crippen molar-refractivity contribution in [2.75, 3.05) is 6.54 Å². The van der Waals surface area contributed by atoms with Gasteiger partial charge in [-0.3, -0.25) is 19.8 Å². The van der Waals surface area contributed by atoms with E-state index in [9.17, 15) is 14.7 Å². The Morgan fingerprint density at radius 1 is 1.40 bits per heavy atom. The van der Waals surface area contributed by atoms with Crippen LogP contribution in [0.15, 0.2) is 18.2 Å². The Bertz CT molecular complexity index is 636. The van der Waals surface area contributed by atoms with Crippen molar-refractivity contribution >= 4 is 23.4 Å². The number of nitrogens with one attached hydrogen (secondary N) is 1. The Morgan fingerprint density at radius 2 is 2.12 bits per heavy atom. The fourth-order valence-electron chi connectivity index (χ4n) is 3.05. The van der Waals surface area contributed by atoms with E-state index >= 15 is 0 Å². The van der Waals surface area contributed by atoms with Crippen molar-refractivity contribution in [3.05, 3.63) is 34.3 Å². The van der Waals surface area contributed by atoms with Gasteiger partial charge in [-0.15, -0.1) is 0 Å². The van der Waals surface area contributed by atoms with E-state index in [1.54, 1.807) is 19.9 Å². The monoisotopic (exact) mass is 367 g/mol. The fraction of sp³-hybridized carbons (Fsp3) is 0.556. The molecule has 0 spiro atoms. The maximum absolute atomic E-state index is 12.5. The molecule has 1 fully saturated rings. The van der Waals surface area contributed by atoms with Crippen LogP contribution in [-0.4, -0.2) is 40.5 Å². The number of halogens is 1. The number of nitrogens with two attached hydrogens (primary N) is 1. The highest BCUT2D eigenvalue weighted by atomic mass is 35.5. The Hall–Kier alpha value is -1.47. The number of hydrogen-bond donors (Lipinski definition) is 3. The van der Waals surface area contributed by atoms with Gasteiger partial charge in [-0.05, 0) is 48.6 Å². The first-order valence-electron chi connectivity index (χ1n) is 8.57. The number of carbonyl (C=O) groups excluding carboxylic acids is 2. The SMILES string of the molecule is CC(C)[C@@H](O)C(=O)NC(=O)[C@@H]1CCCN1Cc1cc(Cl)ccc1CN. The third-order valence-electron chi connectivity index (χ3n) is 4.57. The summed E-state index contributed by atoms with van der Waals surface area (Å²) in [5, 5.41) is 12.7. The molecule has 1 aromatic carbocycles. The van der Waals surface area contributed by atoms with Gasteiger partial charge in [0.1, 0.15) is 6.10 Å². The van der Waals surface area contributed by atoms with E-state index < -0.39 is 18.1 Å². The maximum atomic E-state index is 12.5. The summed E-state index contributed by atoms with van der Waals surface area (Å²) in [4.78, 5) is 26.4. The quantitative estimate of drug-likeness (QED) is 0.706. The predicted octanol–water partition coefficient (Wildman–Crippen LogP) is 1.42. The molecule has 0 unspecified atom stereocenters. The maximum Gasteiger partial charge on any atom is 0.255 e. The second-order valence-electron chi connectivity index (χ2n) is 6.79. The number of amides is 2. The minimum atomic E-state index is -1.18. The lowest BCUT2D eigenvalue weighted by Crippen LogP contribution is -2.49. The highest BCUT2D eigenvalue weighted by Crippen LogP contribution is 2.24. The largest absolute Gasteiger partial charge is 0.383 e. The minimum absolute atomic E-state index is 0.244. The molecular formula is C18H26ClN3O3. The zero-order valence-electron chi connectivity index (χ0n) is 14.7. The molecule has 1 saturated heterocycles. The normalized spacial score (nSPS) is 19.2. The van der Waals surface area contributed by atoms with Gasteiger partial charge in [0, 0.05) is 18.1 Å². The van der Waals surface area contributed by atoms with E-state index in [0.29, 0.717) is 24.5 Å². The summed E-state index contributed by atoms with van der Waals surface area (Å²) in [7, 11) is 0. The van der Waals surface area contributed by atoms with Gasteiger partial charge in [0.2, 0.25) is 5.91 Å². The predicted molar refractivity (Wildman–Crippen MR) is 96.8 cm³/mol. The van der Waals surface area contributed by atoms with Gasteiger partial charge in [0.05, 0.1) is 6.04 Å². The standard InChI is InChI=1S/C18H26ClN3O3/c1-11(2)16(23)18(25)21-17(24)15-4-3-7-22(15)10-13-8-14(19)6-5-12(13)9-20/h5-6,8,11,15-16,23H,3-4,7,9-10,20H2,1-2H3,(H,21,24,25)/t15-,16+/m0/s1. The molecule has 0 aromatic heterocycles. The molecule has 7 heteroatoms. The van der Waals surface area contributed by atoms with Crippen LogP contribution in [0, 0.1) is 5.92 Å². The summed E-state index contributed by atoms with van der Waals surface area (Å²) in [6.45, 7) is 5.16. The summed E-state index contributed by atoms with van der Waals surface area (Å²) in [6, 6.07) is 5.16. The first-order valence-corrected chi connectivity index (χ1v) is 8.95. The van der Waals surface area contributed by atoms with Crippen molar-refractivity contribution in [1.82, 2.24) is 10.2 Å². The van der Waals surface area contributed by atoms with Gasteiger partial charge in [0.25, 0.3) is 5.91 Å². The molecule has 6 nitrogen and oxygen atoms in total. The summed E-state index contributed by atoms with van der Waals surface area (Å²) < 4.78 is 0. The summed E-state index contributed by atoms with van der Waals surface area (Å²) >= 11 is 6.08. The van der Waals surface area contributed by atoms with Gasteiger partial charge in [-0.1, -0.05) is 31.5 Å². The van der Waals surface area contributed by atoms with Gasteiger partial charge in [-0.2, -0.15) is 0 Å². The molecule has 1 heterocycles. The third kappa shape index (κ3) is 5.01. The fourth-order valence-corrected chi connectivity index (χ4v) is 3.25. The molecule has 1 aliphatic rings. The van der Waals surface area contributed by atoms with Crippen LogP contribution in [0.1, 0.15) is 37.8 Å². The van der Waals surface area contributed by atoms with Gasteiger partial charge in [0.15, 0.2) is 0 Å². The molecule has 2 amide bonds. The van der Waals surface area contributed by atoms with Crippen molar-refractivity contribution in [2.24, 2.45) is 11.7 Å². The third-order valence-corrected chi connectivity index (χ3v) is 4.81. The molecule has 0 aliphatic carbocycles. The molecule has 2 atom stereocenters. The van der Waals surface area contributed by atoms with Crippen molar-refractivity contribution in [3.8, 4) is 0 Å². The summed E-state index contributed by atoms with van der Waals surface area (Å²) in [5.74, 6) is -1.25. The molecule has 0 saturated carbocycles. The Morgan fingerprint density at radius 3 is 2.76 bits per heavy atom. The van der Waals surface area contributed by atoms with Crippen LogP contribution in [0.3, 0.4) is 0 Å². The topological polar surface area (TPSA) is 95.7 Å². The van der Waals surface area contributed by atoms with Gasteiger partial charge in [-0.25, -0.2) is 0 Å². The number of rotatable bonds is 6. The highest BCUT2D eigenvalue weighted by Gasteiger charge is 2.33. The molecule has 0 bridgehead atoms. The van der Waals surface area contributed by atoms with Crippen LogP contribution < -0.4 is 11.1 Å². The zero-order chi connectivity index (χ0) is 18.6. The van der Waals surface area contributed by atoms with Crippen molar-refractivity contribution in [3.63, 3.8) is 0 Å². The Labute approximate surface area is 153 Å². The van der Waals surface area contributed by atoms with Crippen molar-refractivity contribution in [1.29, 1.82) is 0 Å². The smallest absolute Gasteiger partial charge is 0.255 e. The van der Waals surface area contributed by atoms with Gasteiger partial charge < -0.3 is 10.8 Å². The highest BCUT2D eigenvalue weighted by molar-refractivity contribution is 6.30. The second-order valence-corrected chi connectivity index (χ2v) is 7.22. The number of imide groups is 1. The molecule has 0 radical (unpaired) electrons. The van der Waals surface area contributed by atoms with E-state index in [1.165, 1.54) is 0 Å². The van der Waals surface area contributed by atoms with E-state index in [-0.39, 0.29) is 11.8 Å². The van der Waals surface area contributed by atoms with Crippen LogP contribution in [0.25, 0.3) is 0 Å². The van der Waals surface area contributed by atoms with Crippen molar-refractivity contribution in [2.45, 2.75) is 51.9 Å². The Balaban J connectivity index is 2.06. The average molecular weight is 368 g/mol. The van der Waals surface area contributed by atoms with Crippen LogP contribution >= 0.6 is 11.6 Å². The van der Waals surface area contributed by atoms with Crippen LogP contribution in [0.2, 0.25) is 5.02 Å². The number of aliphatic hydroxyl groups is 1. The lowest BCUT2D eigenvalue weighted by molar-refractivity contribution is -0.139. The van der Waals surface area contributed by atoms with E-state index in [4.69, 9.17) is 17.3 Å². The van der Waals surface area contributed by atoms with Crippen LogP contribution in [-0.2, 0) is 22.7 Å². The second kappa shape index (κ2) is 8.76. The number of carbonyl (C=O) groups is 2. The number of benzene rings is 1. The van der Waals surface area contributed by atoms with Crippen molar-refractivity contribution < 1.29 is 14.7 Å². The first-order chi connectivity index (χ1) is 11.8. The van der Waals surface area contributed by atoms with Crippen LogP contribution in [0.4, 0.5) is 0 Å². The van der Waals surface area contributed by atoms with Gasteiger partial charge >= 0.3 is 0 Å². The lowest BCUT2D eigenvalue weighted by atomic mass is 10.1. The average Bonchev–Trinajstić information content (AvgIpc) is 3.02. The zero-order valence-corrected chi connectivity index (χ0v) is 15.4. The molecule has 1 aromatic rings. The lowest BCUT2D eigenvalue weighted by Gasteiger charge is -2.25. The molecule has 2 rings (SSSR count). The van der Waals surface area contributed by atoms with E-state index in [0.717, 1.165) is 24.1 Å². The number of likely N-dealkylation sites (tertiary alicyclic amines) is 1. The molecule has 1 aliphatic heterocycles. The molecular weight excluding hydrogens is 342 g/mol. The van der Waals surface area contributed by atoms with E-state index in [2.05, 4.69) is 5.32 Å². The van der Waals surface area contributed by atoms with E-state index in [1.807, 2.05) is 17.0 Å². The number of hydrogen-bond acceptors (Lipinski definition) is 5. The molecule has 138 valence electrons. The first kappa shape index (κ1) is 19.8. The minimum Gasteiger partial charge on any atom is -0.383 e. The molecule has 4 N–H and O–H groups in total. The number of nitrogens with zero attached hydrogens (tertiary/aromatic N) is 1. The summed E-state index contributed by atoms with van der Waals surface area (Å²) in [5.41, 5.74) is 7.76. The number of aliphatic hydroxyl groups excluding tert-OH is 1. The summed E-state index contributed by atoms with van der Waals surface area (Å²) in [6.07, 6.45) is 0.364. The Kier molecular flexibility index (Phi) is 6.95. The van der Waals surface area contributed by atoms with Crippen LogP contribution in [0.5, 0.6) is 0 Å².